The van der Waals surface area contributed by atoms with E-state index in [9.17, 15) is 9.59 Å². The van der Waals surface area contributed by atoms with Gasteiger partial charge in [-0.1, -0.05) is 44.2 Å². The van der Waals surface area contributed by atoms with Crippen LogP contribution < -0.4 is 5.32 Å². The number of thioether (sulfide) groups is 1. The molecule has 2 atom stereocenters. The van der Waals surface area contributed by atoms with E-state index >= 15 is 0 Å². The first kappa shape index (κ1) is 22.4. The van der Waals surface area contributed by atoms with Crippen LogP contribution >= 0.6 is 11.8 Å². The molecule has 3 aliphatic rings. The Labute approximate surface area is 188 Å². The number of hydroxylamine groups is 2. The Balaban J connectivity index is 1.33. The highest BCUT2D eigenvalue weighted by molar-refractivity contribution is 8.00. The molecule has 3 fully saturated rings. The van der Waals surface area contributed by atoms with Crippen LogP contribution in [0.25, 0.3) is 0 Å². The van der Waals surface area contributed by atoms with E-state index in [0.29, 0.717) is 51.4 Å². The monoisotopic (exact) mass is 447 g/mol. The summed E-state index contributed by atoms with van der Waals surface area (Å²) in [6.45, 7) is 7.69. The molecule has 2 unspecified atom stereocenters. The largest absolute Gasteiger partial charge is 0.441 e. The predicted octanol–water partition coefficient (Wildman–Crippen LogP) is 3.57. The summed E-state index contributed by atoms with van der Waals surface area (Å²) in [5.41, 5.74) is 0.787. The lowest BCUT2D eigenvalue weighted by Gasteiger charge is -2.40. The van der Waals surface area contributed by atoms with Crippen molar-refractivity contribution < 1.29 is 19.2 Å². The van der Waals surface area contributed by atoms with Crippen molar-refractivity contribution in [1.82, 2.24) is 15.3 Å². The molecule has 1 aromatic rings. The van der Waals surface area contributed by atoms with Crippen molar-refractivity contribution in [1.29, 1.82) is 0 Å². The smallest absolute Gasteiger partial charge is 0.407 e. The highest BCUT2D eigenvalue weighted by Gasteiger charge is 2.44. The summed E-state index contributed by atoms with van der Waals surface area (Å²) in [6, 6.07) is 10.4. The van der Waals surface area contributed by atoms with E-state index in [0.717, 1.165) is 13.0 Å². The van der Waals surface area contributed by atoms with Gasteiger partial charge >= 0.3 is 6.09 Å². The fourth-order valence-corrected chi connectivity index (χ4v) is 5.70. The van der Waals surface area contributed by atoms with Crippen molar-refractivity contribution >= 4 is 23.8 Å². The molecule has 4 rings (SSSR count). The molecule has 7 nitrogen and oxygen atoms in total. The molecular weight excluding hydrogens is 414 g/mol. The maximum atomic E-state index is 13.0. The fourth-order valence-electron chi connectivity index (χ4n) is 4.34. The van der Waals surface area contributed by atoms with Gasteiger partial charge in [0.25, 0.3) is 0 Å². The van der Waals surface area contributed by atoms with Gasteiger partial charge in [-0.2, -0.15) is 5.06 Å². The van der Waals surface area contributed by atoms with Gasteiger partial charge in [0.1, 0.15) is 11.0 Å². The number of nitrogens with one attached hydrogen (secondary N) is 1. The molecule has 31 heavy (non-hydrogen) atoms. The van der Waals surface area contributed by atoms with E-state index in [4.69, 9.17) is 9.57 Å². The van der Waals surface area contributed by atoms with E-state index < -0.39 is 5.60 Å². The minimum Gasteiger partial charge on any atom is -0.441 e. The summed E-state index contributed by atoms with van der Waals surface area (Å²) >= 11 is 1.83. The summed E-state index contributed by atoms with van der Waals surface area (Å²) < 4.78 is 5.46. The van der Waals surface area contributed by atoms with Crippen molar-refractivity contribution in [3.05, 3.63) is 35.9 Å². The van der Waals surface area contributed by atoms with E-state index in [1.165, 1.54) is 5.56 Å². The van der Waals surface area contributed by atoms with E-state index in [-0.39, 0.29) is 22.6 Å². The minimum absolute atomic E-state index is 0.0973. The quantitative estimate of drug-likeness (QED) is 0.719. The van der Waals surface area contributed by atoms with Gasteiger partial charge in [0.15, 0.2) is 0 Å². The van der Waals surface area contributed by atoms with Gasteiger partial charge in [0.2, 0.25) is 5.91 Å². The third-order valence-corrected chi connectivity index (χ3v) is 7.77. The lowest BCUT2D eigenvalue weighted by atomic mass is 9.91. The van der Waals surface area contributed by atoms with E-state index in [1.54, 1.807) is 0 Å². The summed E-state index contributed by atoms with van der Waals surface area (Å²) in [7, 11) is 0. The average Bonchev–Trinajstić information content (AvgIpc) is 3.13. The predicted molar refractivity (Wildman–Crippen MR) is 120 cm³/mol. The molecule has 1 aromatic carbocycles. The van der Waals surface area contributed by atoms with Crippen molar-refractivity contribution in [2.45, 2.75) is 55.8 Å². The number of ether oxygens (including phenoxy) is 1. The molecule has 170 valence electrons. The van der Waals surface area contributed by atoms with Crippen LogP contribution in [0.4, 0.5) is 4.79 Å². The normalized spacial score (nSPS) is 26.2. The topological polar surface area (TPSA) is 71.1 Å². The van der Waals surface area contributed by atoms with Gasteiger partial charge in [-0.3, -0.25) is 9.63 Å². The molecule has 0 radical (unpaired) electrons. The molecule has 0 aliphatic carbocycles. The van der Waals surface area contributed by atoms with Crippen LogP contribution in [0.15, 0.2) is 30.3 Å². The van der Waals surface area contributed by atoms with Crippen LogP contribution in [0, 0.1) is 5.92 Å². The highest BCUT2D eigenvalue weighted by atomic mass is 32.2. The summed E-state index contributed by atoms with van der Waals surface area (Å²) in [5.74, 6) is 0.775. The zero-order valence-corrected chi connectivity index (χ0v) is 19.2. The molecular formula is C23H33N3O4S. The summed E-state index contributed by atoms with van der Waals surface area (Å²) in [5, 5.41) is 5.05. The van der Waals surface area contributed by atoms with E-state index in [1.807, 2.05) is 22.7 Å². The summed E-state index contributed by atoms with van der Waals surface area (Å²) in [6.07, 6.45) is 2.59. The number of nitrogens with zero attached hydrogens (tertiary/aromatic N) is 2. The molecule has 2 amide bonds. The van der Waals surface area contributed by atoms with Crippen molar-refractivity contribution in [3.63, 3.8) is 0 Å². The number of carbonyl (C=O) groups is 2. The fraction of sp³-hybridized carbons (Fsp3) is 0.652. The Morgan fingerprint density at radius 3 is 2.65 bits per heavy atom. The number of rotatable bonds is 6. The first-order valence-corrected chi connectivity index (χ1v) is 12.2. The number of amides is 2. The molecule has 1 spiro atoms. The van der Waals surface area contributed by atoms with Crippen molar-refractivity contribution in [2.24, 2.45) is 5.92 Å². The van der Waals surface area contributed by atoms with Gasteiger partial charge in [-0.25, -0.2) is 4.79 Å². The summed E-state index contributed by atoms with van der Waals surface area (Å²) in [4.78, 5) is 32.5. The number of benzene rings is 1. The third kappa shape index (κ3) is 5.54. The highest BCUT2D eigenvalue weighted by Crippen LogP contribution is 2.41. The molecule has 3 saturated heterocycles. The molecule has 0 aromatic heterocycles. The van der Waals surface area contributed by atoms with Crippen LogP contribution in [0.2, 0.25) is 0 Å². The molecule has 8 heteroatoms. The number of hydrogen-bond donors (Lipinski definition) is 1. The van der Waals surface area contributed by atoms with Crippen LogP contribution in [0.3, 0.4) is 0 Å². The van der Waals surface area contributed by atoms with Crippen LogP contribution in [0.1, 0.15) is 50.5 Å². The molecule has 3 aliphatic heterocycles. The van der Waals surface area contributed by atoms with Crippen molar-refractivity contribution in [3.8, 4) is 0 Å². The second-order valence-electron chi connectivity index (χ2n) is 9.15. The molecule has 1 N–H and O–H groups in total. The average molecular weight is 448 g/mol. The molecule has 0 saturated carbocycles. The number of likely N-dealkylation sites (tertiary alicyclic amines) is 1. The Morgan fingerprint density at radius 2 is 2.00 bits per heavy atom. The second-order valence-corrected chi connectivity index (χ2v) is 10.5. The second kappa shape index (κ2) is 9.79. The Morgan fingerprint density at radius 1 is 1.26 bits per heavy atom. The van der Waals surface area contributed by atoms with Gasteiger partial charge < -0.3 is 15.0 Å². The SMILES string of the molecule is CC(C)CCN1OCC(CC(=O)N2CCC3(CC2)CNC(=O)O3)SC1c1ccccc1. The van der Waals surface area contributed by atoms with E-state index in [2.05, 4.69) is 48.5 Å². The Bertz CT molecular complexity index is 767. The number of hydrogen-bond acceptors (Lipinski definition) is 6. The van der Waals surface area contributed by atoms with Crippen LogP contribution in [-0.2, 0) is 14.4 Å². The first-order chi connectivity index (χ1) is 14.9. The van der Waals surface area contributed by atoms with Crippen LogP contribution in [0.5, 0.6) is 0 Å². The Kier molecular flexibility index (Phi) is 7.08. The maximum Gasteiger partial charge on any atom is 0.407 e. The van der Waals surface area contributed by atoms with Crippen molar-refractivity contribution in [2.75, 3.05) is 32.8 Å². The number of piperidine rings is 1. The lowest BCUT2D eigenvalue weighted by Crippen LogP contribution is -2.49. The van der Waals surface area contributed by atoms with Crippen LogP contribution in [-0.4, -0.2) is 65.6 Å². The molecule has 0 bridgehead atoms. The van der Waals surface area contributed by atoms with Gasteiger partial charge in [0, 0.05) is 44.1 Å². The minimum atomic E-state index is -0.425. The first-order valence-electron chi connectivity index (χ1n) is 11.3. The zero-order valence-electron chi connectivity index (χ0n) is 18.4. The lowest BCUT2D eigenvalue weighted by molar-refractivity contribution is -0.178. The van der Waals surface area contributed by atoms with Gasteiger partial charge in [0.05, 0.1) is 13.2 Å². The van der Waals surface area contributed by atoms with Gasteiger partial charge in [-0.15, -0.1) is 11.8 Å². The third-order valence-electron chi connectivity index (χ3n) is 6.31. The standard InChI is InChI=1S/C23H33N3O4S/c1-17(2)8-11-26-21(18-6-4-3-5-7-18)31-19(15-29-26)14-20(27)25-12-9-23(10-13-25)16-24-22(28)30-23/h3-7,17,19,21H,8-16H2,1-2H3,(H,24,28). The zero-order chi connectivity index (χ0) is 21.8. The number of carbonyl (C=O) groups excluding carboxylic acids is 2. The molecule has 3 heterocycles. The maximum absolute atomic E-state index is 13.0. The Hall–Kier alpha value is -1.77. The van der Waals surface area contributed by atoms with Gasteiger partial charge in [-0.05, 0) is 17.9 Å². The number of alkyl carbamates (subject to hydrolysis) is 1.